The minimum atomic E-state index is -0.475. The van der Waals surface area contributed by atoms with Crippen molar-refractivity contribution in [2.24, 2.45) is 11.0 Å². The Balaban J connectivity index is 0.000000413. The van der Waals surface area contributed by atoms with E-state index in [4.69, 9.17) is 17.3 Å². The summed E-state index contributed by atoms with van der Waals surface area (Å²) in [5, 5.41) is 19.3. The largest absolute Gasteiger partial charge is 0.465 e. The molecule has 0 spiro atoms. The van der Waals surface area contributed by atoms with E-state index in [-0.39, 0.29) is 38.1 Å². The average Bonchev–Trinajstić information content (AvgIpc) is 3.58. The third kappa shape index (κ3) is 24.0. The monoisotopic (exact) mass is 791 g/mol. The van der Waals surface area contributed by atoms with Gasteiger partial charge in [0.05, 0.1) is 25.7 Å². The van der Waals surface area contributed by atoms with E-state index in [1.165, 1.54) is 0 Å². The van der Waals surface area contributed by atoms with Crippen LogP contribution in [0.2, 0.25) is 5.02 Å². The van der Waals surface area contributed by atoms with Crippen molar-refractivity contribution < 1.29 is 47.8 Å². The molecule has 1 heterocycles. The molecule has 3 rings (SSSR count). The summed E-state index contributed by atoms with van der Waals surface area (Å²) in [6.07, 6.45) is 2.83. The minimum Gasteiger partial charge on any atom is -0.465 e. The molecule has 7 amide bonds. The first-order chi connectivity index (χ1) is 26.4. The molecule has 1 unspecified atom stereocenters. The lowest BCUT2D eigenvalue weighted by Crippen LogP contribution is -2.39. The van der Waals surface area contributed by atoms with Gasteiger partial charge in [-0.3, -0.25) is 19.2 Å². The number of amides is 7. The van der Waals surface area contributed by atoms with Crippen LogP contribution in [0.25, 0.3) is 0 Å². The van der Waals surface area contributed by atoms with Gasteiger partial charge in [-0.2, -0.15) is 5.10 Å². The summed E-state index contributed by atoms with van der Waals surface area (Å²) in [4.78, 5) is 78.0. The standard InChI is InChI=1S/C12H15ClN2O3.C12H17N3O3.C11H18N4O4/c2*1-2-18-11(16)8-15-12(17)14-7-9-3-5-10(13)6-4-9;1-2-19-9(16)7-13-11(18)12-5-3-4-8-6-14-15-10(8)17/h3-6H,2,7-8H2,1H3,(H2,14,15,17);3-6H,2,7-8,13H2,1H3,(H2,14,15,17);6,8H,2-5,7H2,1H3,(H,15,17)(H2,12,13,18). The molecule has 0 aliphatic carbocycles. The van der Waals surface area contributed by atoms with Crippen molar-refractivity contribution in [3.8, 4) is 0 Å². The summed E-state index contributed by atoms with van der Waals surface area (Å²) in [6, 6.07) is 13.0. The van der Waals surface area contributed by atoms with Crippen LogP contribution in [0.1, 0.15) is 44.7 Å². The Bertz CT molecular complexity index is 1460. The van der Waals surface area contributed by atoms with Gasteiger partial charge < -0.3 is 51.8 Å². The normalized spacial score (nSPS) is 12.1. The molecule has 1 aliphatic rings. The molecule has 0 saturated heterocycles. The van der Waals surface area contributed by atoms with E-state index >= 15 is 0 Å². The fourth-order valence-electron chi connectivity index (χ4n) is 3.95. The summed E-state index contributed by atoms with van der Waals surface area (Å²) >= 11 is 5.74. The lowest BCUT2D eigenvalue weighted by Gasteiger charge is -2.08. The Morgan fingerprint density at radius 3 is 1.49 bits per heavy atom. The van der Waals surface area contributed by atoms with Gasteiger partial charge in [-0.1, -0.05) is 35.9 Å². The first kappa shape index (κ1) is 46.9. The van der Waals surface area contributed by atoms with Gasteiger partial charge in [0.15, 0.2) is 0 Å². The first-order valence-electron chi connectivity index (χ1n) is 17.3. The number of benzene rings is 2. The number of hydrogen-bond acceptors (Lipinski definition) is 12. The van der Waals surface area contributed by atoms with E-state index in [9.17, 15) is 33.6 Å². The summed E-state index contributed by atoms with van der Waals surface area (Å²) in [5.41, 5.74) is 10.4. The summed E-state index contributed by atoms with van der Waals surface area (Å²) < 4.78 is 14.0. The predicted molar refractivity (Wildman–Crippen MR) is 203 cm³/mol. The lowest BCUT2D eigenvalue weighted by atomic mass is 10.1. The van der Waals surface area contributed by atoms with E-state index in [1.807, 2.05) is 24.3 Å². The molecule has 19 nitrogen and oxygen atoms in total. The zero-order chi connectivity index (χ0) is 40.8. The molecule has 0 radical (unpaired) electrons. The predicted octanol–water partition coefficient (Wildman–Crippen LogP) is 1.69. The number of nitrogens with one attached hydrogen (secondary N) is 7. The van der Waals surface area contributed by atoms with Gasteiger partial charge in [0.1, 0.15) is 19.6 Å². The van der Waals surface area contributed by atoms with Gasteiger partial charge in [0.25, 0.3) is 0 Å². The number of nitrogen functional groups attached to an aromatic ring is 1. The van der Waals surface area contributed by atoms with Crippen molar-refractivity contribution in [2.45, 2.75) is 46.7 Å². The van der Waals surface area contributed by atoms with Gasteiger partial charge in [0, 0.05) is 36.6 Å². The number of halogens is 1. The number of rotatable bonds is 17. The quantitative estimate of drug-likeness (QED) is 0.0494. The van der Waals surface area contributed by atoms with E-state index in [2.05, 4.69) is 56.6 Å². The SMILES string of the molecule is CCOC(=O)CNC(=O)NCCCC1C=NNC1=O.CCOC(=O)CNC(=O)NCc1ccc(Cl)cc1.CCOC(=O)CNC(=O)NCc1ccc(N)cc1. The number of hydrogen-bond donors (Lipinski definition) is 8. The van der Waals surface area contributed by atoms with E-state index in [1.54, 1.807) is 51.3 Å². The van der Waals surface area contributed by atoms with Crippen LogP contribution in [0.15, 0.2) is 53.6 Å². The molecule has 0 fully saturated rings. The van der Waals surface area contributed by atoms with Gasteiger partial charge in [-0.05, 0) is 69.0 Å². The van der Waals surface area contributed by atoms with Crippen LogP contribution in [0, 0.1) is 5.92 Å². The van der Waals surface area contributed by atoms with E-state index < -0.39 is 36.0 Å². The summed E-state index contributed by atoms with van der Waals surface area (Å²) in [7, 11) is 0. The number of carbonyl (C=O) groups excluding carboxylic acids is 7. The Morgan fingerprint density at radius 1 is 0.673 bits per heavy atom. The highest BCUT2D eigenvalue weighted by Crippen LogP contribution is 2.09. The molecular weight excluding hydrogens is 742 g/mol. The number of ether oxygens (including phenoxy) is 3. The number of nitrogens with zero attached hydrogens (tertiary/aromatic N) is 1. The third-order valence-corrected chi connectivity index (χ3v) is 6.89. The first-order valence-corrected chi connectivity index (χ1v) is 17.7. The van der Waals surface area contributed by atoms with E-state index in [0.29, 0.717) is 56.4 Å². The maximum absolute atomic E-state index is 11.3. The maximum Gasteiger partial charge on any atom is 0.325 e. The molecule has 0 aromatic heterocycles. The van der Waals surface area contributed by atoms with Crippen LogP contribution in [0.3, 0.4) is 0 Å². The number of nitrogens with two attached hydrogens (primary N) is 1. The van der Waals surface area contributed by atoms with Crippen LogP contribution in [0.4, 0.5) is 20.1 Å². The maximum atomic E-state index is 11.3. The Morgan fingerprint density at radius 2 is 1.09 bits per heavy atom. The lowest BCUT2D eigenvalue weighted by molar-refractivity contribution is -0.142. The highest BCUT2D eigenvalue weighted by molar-refractivity contribution is 6.30. The van der Waals surface area contributed by atoms with Gasteiger partial charge in [0.2, 0.25) is 5.91 Å². The molecule has 20 heteroatoms. The molecular formula is C35H50ClN9O10. The minimum absolute atomic E-state index is 0.119. The van der Waals surface area contributed by atoms with Crippen molar-refractivity contribution in [1.82, 2.24) is 37.3 Å². The number of urea groups is 3. The van der Waals surface area contributed by atoms with Crippen molar-refractivity contribution in [1.29, 1.82) is 0 Å². The fourth-order valence-corrected chi connectivity index (χ4v) is 4.08. The number of hydrazone groups is 1. The molecule has 1 aliphatic heterocycles. The second-order valence-corrected chi connectivity index (χ2v) is 11.4. The molecule has 9 N–H and O–H groups in total. The highest BCUT2D eigenvalue weighted by atomic mass is 35.5. The van der Waals surface area contributed by atoms with Crippen LogP contribution >= 0.6 is 11.6 Å². The van der Waals surface area contributed by atoms with Crippen molar-refractivity contribution in [3.63, 3.8) is 0 Å². The van der Waals surface area contributed by atoms with Crippen molar-refractivity contribution in [3.05, 3.63) is 64.7 Å². The van der Waals surface area contributed by atoms with Gasteiger partial charge >= 0.3 is 36.0 Å². The molecule has 2 aromatic carbocycles. The number of carbonyl (C=O) groups is 7. The smallest absolute Gasteiger partial charge is 0.325 e. The Labute approximate surface area is 324 Å². The Hall–Kier alpha value is -6.11. The molecule has 0 bridgehead atoms. The second-order valence-electron chi connectivity index (χ2n) is 11.0. The topological polar surface area (TPSA) is 270 Å². The summed E-state index contributed by atoms with van der Waals surface area (Å²) in [5.74, 6) is -1.73. The number of anilines is 1. The van der Waals surface area contributed by atoms with Crippen LogP contribution < -0.4 is 43.1 Å². The number of esters is 3. The fraction of sp³-hybridized carbons (Fsp3) is 0.429. The zero-order valence-corrected chi connectivity index (χ0v) is 31.8. The summed E-state index contributed by atoms with van der Waals surface area (Å²) in [6.45, 7) is 6.72. The highest BCUT2D eigenvalue weighted by Gasteiger charge is 2.19. The zero-order valence-electron chi connectivity index (χ0n) is 31.0. The average molecular weight is 792 g/mol. The third-order valence-electron chi connectivity index (χ3n) is 6.64. The van der Waals surface area contributed by atoms with Crippen molar-refractivity contribution >= 4 is 65.4 Å². The van der Waals surface area contributed by atoms with E-state index in [0.717, 1.165) is 11.1 Å². The molecule has 55 heavy (non-hydrogen) atoms. The second kappa shape index (κ2) is 28.4. The molecule has 0 saturated carbocycles. The molecule has 302 valence electrons. The van der Waals surface area contributed by atoms with Crippen molar-refractivity contribution in [2.75, 3.05) is 51.7 Å². The van der Waals surface area contributed by atoms with Crippen LogP contribution in [0.5, 0.6) is 0 Å². The molecule has 2 aromatic rings. The van der Waals surface area contributed by atoms with Gasteiger partial charge in [-0.25, -0.2) is 19.8 Å². The van der Waals surface area contributed by atoms with Crippen LogP contribution in [-0.2, 0) is 46.5 Å². The molecule has 1 atom stereocenters. The van der Waals surface area contributed by atoms with Crippen LogP contribution in [-0.4, -0.2) is 94.1 Å². The Kier molecular flexibility index (Phi) is 24.2. The van der Waals surface area contributed by atoms with Gasteiger partial charge in [-0.15, -0.1) is 0 Å².